The van der Waals surface area contributed by atoms with E-state index in [1.807, 2.05) is 0 Å². The monoisotopic (exact) mass is 224 g/mol. The molecule has 86 valence electrons. The first kappa shape index (κ1) is 12.0. The molecule has 16 heavy (non-hydrogen) atoms. The lowest BCUT2D eigenvalue weighted by Gasteiger charge is -2.07. The number of urea groups is 1. The Kier molecular flexibility index (Phi) is 3.82. The average Bonchev–Trinajstić information content (AvgIpc) is 2.21. The molecule has 5 nitrogen and oxygen atoms in total. The van der Waals surface area contributed by atoms with Gasteiger partial charge in [0.05, 0.1) is 5.69 Å². The van der Waals surface area contributed by atoms with Gasteiger partial charge in [0, 0.05) is 12.1 Å². The number of benzene rings is 1. The Balaban J connectivity index is 2.83. The van der Waals surface area contributed by atoms with E-state index in [9.17, 15) is 9.18 Å². The molecule has 1 aromatic rings. The summed E-state index contributed by atoms with van der Waals surface area (Å²) in [7, 11) is 0. The summed E-state index contributed by atoms with van der Waals surface area (Å²) in [5.41, 5.74) is 5.53. The van der Waals surface area contributed by atoms with E-state index in [0.29, 0.717) is 6.54 Å². The standard InChI is InChI=1S/C10H13FN4O/c1-2-14-10(16)15-8-4-3-6(9(12)13)5-7(8)11/h3-5H,2H2,1H3,(H3,12,13)(H2,14,15,16). The summed E-state index contributed by atoms with van der Waals surface area (Å²) < 4.78 is 13.4. The second kappa shape index (κ2) is 5.11. The first-order valence-corrected chi connectivity index (χ1v) is 4.73. The van der Waals surface area contributed by atoms with E-state index in [-0.39, 0.29) is 17.1 Å². The summed E-state index contributed by atoms with van der Waals surface area (Å²) in [6.07, 6.45) is 0. The van der Waals surface area contributed by atoms with Crippen LogP contribution in [0.5, 0.6) is 0 Å². The van der Waals surface area contributed by atoms with Crippen molar-refractivity contribution in [1.29, 1.82) is 5.41 Å². The Labute approximate surface area is 92.3 Å². The highest BCUT2D eigenvalue weighted by Crippen LogP contribution is 2.15. The van der Waals surface area contributed by atoms with Gasteiger partial charge < -0.3 is 16.4 Å². The number of nitrogens with two attached hydrogens (primary N) is 1. The van der Waals surface area contributed by atoms with Crippen LogP contribution in [0.1, 0.15) is 12.5 Å². The molecule has 0 atom stereocenters. The molecular formula is C10H13FN4O. The quantitative estimate of drug-likeness (QED) is 0.459. The third-order valence-electron chi connectivity index (χ3n) is 1.87. The number of carbonyl (C=O) groups excluding carboxylic acids is 1. The molecule has 0 aliphatic rings. The largest absolute Gasteiger partial charge is 0.384 e. The van der Waals surface area contributed by atoms with Crippen molar-refractivity contribution in [2.24, 2.45) is 5.73 Å². The lowest BCUT2D eigenvalue weighted by atomic mass is 10.2. The molecule has 1 rings (SSSR count). The summed E-state index contributed by atoms with van der Waals surface area (Å²) in [5, 5.41) is 11.9. The van der Waals surface area contributed by atoms with E-state index in [1.165, 1.54) is 12.1 Å². The zero-order valence-corrected chi connectivity index (χ0v) is 8.80. The van der Waals surface area contributed by atoms with E-state index >= 15 is 0 Å². The van der Waals surface area contributed by atoms with Gasteiger partial charge in [-0.1, -0.05) is 0 Å². The van der Waals surface area contributed by atoms with Gasteiger partial charge in [0.2, 0.25) is 0 Å². The first-order chi connectivity index (χ1) is 7.54. The van der Waals surface area contributed by atoms with Gasteiger partial charge in [-0.2, -0.15) is 0 Å². The number of amidine groups is 1. The molecule has 5 N–H and O–H groups in total. The van der Waals surface area contributed by atoms with Gasteiger partial charge in [-0.25, -0.2) is 9.18 Å². The van der Waals surface area contributed by atoms with Gasteiger partial charge in [-0.15, -0.1) is 0 Å². The zero-order valence-electron chi connectivity index (χ0n) is 8.80. The molecule has 0 heterocycles. The van der Waals surface area contributed by atoms with E-state index in [0.717, 1.165) is 6.07 Å². The van der Waals surface area contributed by atoms with Gasteiger partial charge in [0.1, 0.15) is 11.7 Å². The highest BCUT2D eigenvalue weighted by molar-refractivity contribution is 5.96. The van der Waals surface area contributed by atoms with Crippen LogP contribution >= 0.6 is 0 Å². The summed E-state index contributed by atoms with van der Waals surface area (Å²) >= 11 is 0. The van der Waals surface area contributed by atoms with Gasteiger partial charge in [-0.3, -0.25) is 5.41 Å². The minimum absolute atomic E-state index is 0.0518. The van der Waals surface area contributed by atoms with Crippen molar-refractivity contribution in [3.8, 4) is 0 Å². The Bertz CT molecular complexity index is 419. The minimum atomic E-state index is -0.626. The maximum Gasteiger partial charge on any atom is 0.319 e. The van der Waals surface area contributed by atoms with Gasteiger partial charge in [0.25, 0.3) is 0 Å². The molecule has 6 heteroatoms. The molecule has 0 aromatic heterocycles. The molecule has 1 aromatic carbocycles. The van der Waals surface area contributed by atoms with Crippen LogP contribution < -0.4 is 16.4 Å². The number of rotatable bonds is 3. The third kappa shape index (κ3) is 2.94. The van der Waals surface area contributed by atoms with Crippen molar-refractivity contribution in [2.45, 2.75) is 6.92 Å². The molecule has 0 saturated heterocycles. The Hall–Kier alpha value is -2.11. The van der Waals surface area contributed by atoms with Crippen molar-refractivity contribution in [1.82, 2.24) is 5.32 Å². The number of amides is 2. The Morgan fingerprint density at radius 2 is 2.25 bits per heavy atom. The molecular weight excluding hydrogens is 211 g/mol. The van der Waals surface area contributed by atoms with Crippen molar-refractivity contribution < 1.29 is 9.18 Å². The van der Waals surface area contributed by atoms with Crippen LogP contribution in [0.3, 0.4) is 0 Å². The summed E-state index contributed by atoms with van der Waals surface area (Å²) in [6, 6.07) is 3.45. The third-order valence-corrected chi connectivity index (χ3v) is 1.87. The fourth-order valence-corrected chi connectivity index (χ4v) is 1.11. The summed E-state index contributed by atoms with van der Waals surface area (Å²) in [4.78, 5) is 11.1. The van der Waals surface area contributed by atoms with Gasteiger partial charge in [-0.05, 0) is 25.1 Å². The second-order valence-corrected chi connectivity index (χ2v) is 3.09. The van der Waals surface area contributed by atoms with Crippen LogP contribution in [0, 0.1) is 11.2 Å². The molecule has 0 bridgehead atoms. The van der Waals surface area contributed by atoms with Crippen molar-refractivity contribution in [3.63, 3.8) is 0 Å². The number of hydrogen-bond acceptors (Lipinski definition) is 2. The number of nitrogen functional groups attached to an aromatic ring is 1. The number of hydrogen-bond donors (Lipinski definition) is 4. The van der Waals surface area contributed by atoms with Crippen LogP contribution in [0.4, 0.5) is 14.9 Å². The highest BCUT2D eigenvalue weighted by atomic mass is 19.1. The van der Waals surface area contributed by atoms with E-state index in [4.69, 9.17) is 11.1 Å². The van der Waals surface area contributed by atoms with Crippen molar-refractivity contribution in [2.75, 3.05) is 11.9 Å². The van der Waals surface area contributed by atoms with Crippen LogP contribution in [0.2, 0.25) is 0 Å². The number of carbonyl (C=O) groups is 1. The molecule has 2 amide bonds. The molecule has 0 unspecified atom stereocenters. The van der Waals surface area contributed by atoms with Gasteiger partial charge >= 0.3 is 6.03 Å². The number of halogens is 1. The SMILES string of the molecule is CCNC(=O)Nc1ccc(C(=N)N)cc1F. The first-order valence-electron chi connectivity index (χ1n) is 4.73. The van der Waals surface area contributed by atoms with Crippen LogP contribution in [0.15, 0.2) is 18.2 Å². The molecule has 0 fully saturated rings. The number of nitrogens with one attached hydrogen (secondary N) is 3. The Morgan fingerprint density at radius 1 is 1.56 bits per heavy atom. The normalized spacial score (nSPS) is 9.62. The van der Waals surface area contributed by atoms with Crippen LogP contribution in [0.25, 0.3) is 0 Å². The molecule has 0 spiro atoms. The molecule has 0 radical (unpaired) electrons. The van der Waals surface area contributed by atoms with Crippen molar-refractivity contribution >= 4 is 17.6 Å². The Morgan fingerprint density at radius 3 is 2.75 bits per heavy atom. The second-order valence-electron chi connectivity index (χ2n) is 3.09. The molecule has 0 aliphatic heterocycles. The topological polar surface area (TPSA) is 91.0 Å². The zero-order chi connectivity index (χ0) is 12.1. The summed E-state index contributed by atoms with van der Waals surface area (Å²) in [6.45, 7) is 2.22. The average molecular weight is 224 g/mol. The van der Waals surface area contributed by atoms with Crippen LogP contribution in [-0.4, -0.2) is 18.4 Å². The smallest absolute Gasteiger partial charge is 0.319 e. The molecule has 0 aliphatic carbocycles. The lowest BCUT2D eigenvalue weighted by molar-refractivity contribution is 0.252. The van der Waals surface area contributed by atoms with E-state index < -0.39 is 11.8 Å². The van der Waals surface area contributed by atoms with E-state index in [2.05, 4.69) is 10.6 Å². The predicted molar refractivity (Wildman–Crippen MR) is 60.1 cm³/mol. The van der Waals surface area contributed by atoms with Gasteiger partial charge in [0.15, 0.2) is 0 Å². The molecule has 0 saturated carbocycles. The highest BCUT2D eigenvalue weighted by Gasteiger charge is 2.07. The summed E-state index contributed by atoms with van der Waals surface area (Å²) in [5.74, 6) is -0.845. The van der Waals surface area contributed by atoms with E-state index in [1.54, 1.807) is 6.92 Å². The minimum Gasteiger partial charge on any atom is -0.384 e. The maximum absolute atomic E-state index is 13.4. The van der Waals surface area contributed by atoms with Crippen molar-refractivity contribution in [3.05, 3.63) is 29.6 Å². The van der Waals surface area contributed by atoms with Crippen LogP contribution in [-0.2, 0) is 0 Å². The number of anilines is 1. The lowest BCUT2D eigenvalue weighted by Crippen LogP contribution is -2.28. The predicted octanol–water partition coefficient (Wildman–Crippen LogP) is 1.25. The fraction of sp³-hybridized carbons (Fsp3) is 0.200. The fourth-order valence-electron chi connectivity index (χ4n) is 1.11. The maximum atomic E-state index is 13.4.